The van der Waals surface area contributed by atoms with E-state index in [9.17, 15) is 4.79 Å². The van der Waals surface area contributed by atoms with E-state index in [0.29, 0.717) is 15.7 Å². The van der Waals surface area contributed by atoms with Gasteiger partial charge in [0.25, 0.3) is 0 Å². The zero-order valence-electron chi connectivity index (χ0n) is 6.96. The molecule has 0 bridgehead atoms. The minimum atomic E-state index is -0.444. The molecule has 2 rings (SSSR count). The van der Waals surface area contributed by atoms with Gasteiger partial charge in [0.15, 0.2) is 0 Å². The van der Waals surface area contributed by atoms with Crippen LogP contribution in [0.3, 0.4) is 0 Å². The molecule has 6 heteroatoms. The molecule has 0 spiro atoms. The molecule has 1 saturated heterocycles. The molecule has 1 amide bonds. The number of nitrogens with one attached hydrogen (secondary N) is 1. The van der Waals surface area contributed by atoms with E-state index in [0.717, 1.165) is 0 Å². The van der Waals surface area contributed by atoms with Crippen molar-refractivity contribution in [2.75, 3.05) is 6.61 Å². The van der Waals surface area contributed by atoms with Crippen LogP contribution >= 0.6 is 23.2 Å². The number of carbonyl (C=O) groups is 1. The molecule has 0 radical (unpaired) electrons. The van der Waals surface area contributed by atoms with Crippen LogP contribution in [-0.2, 0) is 4.74 Å². The monoisotopic (exact) mass is 232 g/mol. The van der Waals surface area contributed by atoms with E-state index >= 15 is 0 Å². The fourth-order valence-electron chi connectivity index (χ4n) is 1.23. The molecule has 0 saturated carbocycles. The number of amides is 1. The van der Waals surface area contributed by atoms with Crippen LogP contribution < -0.4 is 5.32 Å². The van der Waals surface area contributed by atoms with Crippen molar-refractivity contribution < 1.29 is 9.53 Å². The van der Waals surface area contributed by atoms with E-state index < -0.39 is 6.09 Å². The van der Waals surface area contributed by atoms with Crippen molar-refractivity contribution in [2.45, 2.75) is 6.04 Å². The zero-order valence-corrected chi connectivity index (χ0v) is 8.47. The summed E-state index contributed by atoms with van der Waals surface area (Å²) in [4.78, 5) is 14.7. The van der Waals surface area contributed by atoms with E-state index in [1.807, 2.05) is 0 Å². The van der Waals surface area contributed by atoms with E-state index in [2.05, 4.69) is 10.3 Å². The third-order valence-corrected chi connectivity index (χ3v) is 2.43. The molecule has 0 aliphatic carbocycles. The van der Waals surface area contributed by atoms with E-state index in [-0.39, 0.29) is 12.6 Å². The number of cyclic esters (lactones) is 1. The predicted octanol–water partition coefficient (Wildman–Crippen LogP) is 2.17. The quantitative estimate of drug-likeness (QED) is 0.756. The van der Waals surface area contributed by atoms with E-state index in [4.69, 9.17) is 27.9 Å². The summed E-state index contributed by atoms with van der Waals surface area (Å²) in [5.41, 5.74) is 0.710. The molecule has 4 nitrogen and oxygen atoms in total. The molecule has 1 atom stereocenters. The van der Waals surface area contributed by atoms with Gasteiger partial charge in [0.1, 0.15) is 11.8 Å². The molecule has 1 unspecified atom stereocenters. The van der Waals surface area contributed by atoms with Crippen LogP contribution in [0.25, 0.3) is 0 Å². The second-order valence-corrected chi connectivity index (χ2v) is 3.62. The van der Waals surface area contributed by atoms with Gasteiger partial charge in [0.2, 0.25) is 0 Å². The van der Waals surface area contributed by atoms with Crippen LogP contribution in [0.1, 0.15) is 11.6 Å². The first-order valence-corrected chi connectivity index (χ1v) is 4.66. The molecule has 1 aromatic rings. The Kier molecular flexibility index (Phi) is 2.48. The van der Waals surface area contributed by atoms with Crippen molar-refractivity contribution in [3.05, 3.63) is 28.0 Å². The summed E-state index contributed by atoms with van der Waals surface area (Å²) in [7, 11) is 0. The number of aromatic nitrogens is 1. The second-order valence-electron chi connectivity index (χ2n) is 2.82. The number of nitrogens with zero attached hydrogens (tertiary/aromatic N) is 1. The Morgan fingerprint density at radius 2 is 2.36 bits per heavy atom. The Morgan fingerprint density at radius 1 is 1.57 bits per heavy atom. The third-order valence-electron chi connectivity index (χ3n) is 1.90. The van der Waals surface area contributed by atoms with Crippen LogP contribution in [0.15, 0.2) is 12.3 Å². The fourth-order valence-corrected chi connectivity index (χ4v) is 1.72. The van der Waals surface area contributed by atoms with Gasteiger partial charge in [-0.1, -0.05) is 23.2 Å². The molecule has 0 aromatic carbocycles. The topological polar surface area (TPSA) is 51.2 Å². The van der Waals surface area contributed by atoms with Gasteiger partial charge in [-0.3, -0.25) is 0 Å². The molecule has 1 aliphatic rings. The number of hydrogen-bond donors (Lipinski definition) is 1. The lowest BCUT2D eigenvalue weighted by atomic mass is 10.1. The molecule has 2 heterocycles. The summed E-state index contributed by atoms with van der Waals surface area (Å²) in [6, 6.07) is 1.29. The van der Waals surface area contributed by atoms with Gasteiger partial charge in [0.05, 0.1) is 11.1 Å². The lowest BCUT2D eigenvalue weighted by molar-refractivity contribution is 0.177. The van der Waals surface area contributed by atoms with Crippen molar-refractivity contribution in [3.63, 3.8) is 0 Å². The average molecular weight is 233 g/mol. The van der Waals surface area contributed by atoms with Gasteiger partial charge >= 0.3 is 6.09 Å². The molecular formula is C8H6Cl2N2O2. The van der Waals surface area contributed by atoms with Crippen LogP contribution in [-0.4, -0.2) is 17.7 Å². The first-order valence-electron chi connectivity index (χ1n) is 3.91. The zero-order chi connectivity index (χ0) is 10.1. The highest BCUT2D eigenvalue weighted by Crippen LogP contribution is 2.26. The number of alkyl carbamates (subject to hydrolysis) is 1. The van der Waals surface area contributed by atoms with Gasteiger partial charge in [-0.25, -0.2) is 9.78 Å². The highest BCUT2D eigenvalue weighted by atomic mass is 35.5. The Morgan fingerprint density at radius 3 is 2.93 bits per heavy atom. The van der Waals surface area contributed by atoms with Gasteiger partial charge in [-0.05, 0) is 6.07 Å². The highest BCUT2D eigenvalue weighted by molar-refractivity contribution is 6.34. The minimum Gasteiger partial charge on any atom is -0.447 e. The molecule has 1 fully saturated rings. The normalized spacial score (nSPS) is 20.4. The van der Waals surface area contributed by atoms with Crippen LogP contribution in [0, 0.1) is 0 Å². The number of halogens is 2. The lowest BCUT2D eigenvalue weighted by Gasteiger charge is -2.08. The van der Waals surface area contributed by atoms with Gasteiger partial charge < -0.3 is 10.1 Å². The van der Waals surface area contributed by atoms with Gasteiger partial charge in [-0.2, -0.15) is 0 Å². The number of pyridine rings is 1. The van der Waals surface area contributed by atoms with Crippen molar-refractivity contribution in [1.29, 1.82) is 0 Å². The molecule has 1 aliphatic heterocycles. The Labute approximate surface area is 90.2 Å². The van der Waals surface area contributed by atoms with Crippen molar-refractivity contribution in [1.82, 2.24) is 10.3 Å². The summed E-state index contributed by atoms with van der Waals surface area (Å²) in [6.07, 6.45) is 1.09. The van der Waals surface area contributed by atoms with Crippen LogP contribution in [0.4, 0.5) is 4.79 Å². The first kappa shape index (κ1) is 9.55. The average Bonchev–Trinajstić information content (AvgIpc) is 2.51. The van der Waals surface area contributed by atoms with Gasteiger partial charge in [0, 0.05) is 11.8 Å². The SMILES string of the molecule is O=C1NC(c2cnc(Cl)cc2Cl)CO1. The summed E-state index contributed by atoms with van der Waals surface area (Å²) in [5.74, 6) is 0. The second kappa shape index (κ2) is 3.63. The summed E-state index contributed by atoms with van der Waals surface area (Å²) >= 11 is 11.6. The molecule has 74 valence electrons. The number of carbonyl (C=O) groups excluding carboxylic acids is 1. The van der Waals surface area contributed by atoms with Gasteiger partial charge in [-0.15, -0.1) is 0 Å². The van der Waals surface area contributed by atoms with Crippen molar-refractivity contribution in [2.24, 2.45) is 0 Å². The van der Waals surface area contributed by atoms with Crippen molar-refractivity contribution in [3.8, 4) is 0 Å². The molecule has 1 N–H and O–H groups in total. The Hall–Kier alpha value is -1.00. The van der Waals surface area contributed by atoms with Crippen LogP contribution in [0.2, 0.25) is 10.2 Å². The molecule has 14 heavy (non-hydrogen) atoms. The number of ether oxygens (including phenoxy) is 1. The van der Waals surface area contributed by atoms with Crippen molar-refractivity contribution >= 4 is 29.3 Å². The Bertz CT molecular complexity index is 384. The van der Waals surface area contributed by atoms with Crippen LogP contribution in [0.5, 0.6) is 0 Å². The highest BCUT2D eigenvalue weighted by Gasteiger charge is 2.25. The molecule has 1 aromatic heterocycles. The minimum absolute atomic E-state index is 0.236. The predicted molar refractivity (Wildman–Crippen MR) is 51.5 cm³/mol. The maximum Gasteiger partial charge on any atom is 0.407 e. The lowest BCUT2D eigenvalue weighted by Crippen LogP contribution is -2.18. The molecular weight excluding hydrogens is 227 g/mol. The standard InChI is InChI=1S/C8H6Cl2N2O2/c9-5-1-7(10)11-2-4(5)6-3-14-8(13)12-6/h1-2,6H,3H2,(H,12,13). The summed E-state index contributed by atoms with van der Waals surface area (Å²) in [6.45, 7) is 0.266. The maximum absolute atomic E-state index is 10.8. The number of hydrogen-bond acceptors (Lipinski definition) is 3. The summed E-state index contributed by atoms with van der Waals surface area (Å²) in [5, 5.41) is 3.40. The van der Waals surface area contributed by atoms with E-state index in [1.54, 1.807) is 0 Å². The smallest absolute Gasteiger partial charge is 0.407 e. The first-order chi connectivity index (χ1) is 6.66. The maximum atomic E-state index is 10.8. The Balaban J connectivity index is 2.28. The summed E-state index contributed by atoms with van der Waals surface area (Å²) < 4.78 is 4.74. The third kappa shape index (κ3) is 1.76. The largest absolute Gasteiger partial charge is 0.447 e. The number of rotatable bonds is 1. The van der Waals surface area contributed by atoms with E-state index in [1.165, 1.54) is 12.3 Å². The fraction of sp³-hybridized carbons (Fsp3) is 0.250.